The number of nitrogens with zero attached hydrogens (tertiary/aromatic N) is 1. The Kier molecular flexibility index (Phi) is 6.35. The number of amides is 1. The minimum Gasteiger partial charge on any atom is -0.489 e. The summed E-state index contributed by atoms with van der Waals surface area (Å²) in [4.78, 5) is 46.3. The first kappa shape index (κ1) is 26.7. The van der Waals surface area contributed by atoms with Crippen LogP contribution < -0.4 is 10.1 Å². The van der Waals surface area contributed by atoms with E-state index in [-0.39, 0.29) is 24.1 Å². The summed E-state index contributed by atoms with van der Waals surface area (Å²) in [5.74, 6) is -1.52. The van der Waals surface area contributed by atoms with Gasteiger partial charge in [-0.05, 0) is 47.9 Å². The van der Waals surface area contributed by atoms with E-state index in [0.29, 0.717) is 28.1 Å². The summed E-state index contributed by atoms with van der Waals surface area (Å²) in [6.07, 6.45) is 5.46. The van der Waals surface area contributed by atoms with Crippen LogP contribution in [0.2, 0.25) is 0 Å². The molecule has 0 radical (unpaired) electrons. The third kappa shape index (κ3) is 3.90. The first-order chi connectivity index (χ1) is 21.0. The van der Waals surface area contributed by atoms with Crippen molar-refractivity contribution in [2.45, 2.75) is 24.4 Å². The highest BCUT2D eigenvalue weighted by Gasteiger charge is 2.70. The van der Waals surface area contributed by atoms with E-state index in [9.17, 15) is 9.59 Å². The Hall–Kier alpha value is -5.23. The molecular formula is C37H30N2O4. The number of anilines is 1. The number of ketones is 2. The Labute approximate surface area is 250 Å². The second-order valence-electron chi connectivity index (χ2n) is 11.3. The number of fused-ring (bicyclic) bond motifs is 6. The SMILES string of the molecule is C=CCOc1ccccc1C(=O)[C@@H]1[C@@H](C(=O)c2ccc(C)cc2)N2C=Cc3ccccc3[C@@H]2[C@]12C(=O)Nc1ccccc12. The average Bonchev–Trinajstić information content (AvgIpc) is 3.52. The molecule has 6 nitrogen and oxygen atoms in total. The average molecular weight is 567 g/mol. The lowest BCUT2D eigenvalue weighted by Gasteiger charge is -2.38. The predicted molar refractivity (Wildman–Crippen MR) is 166 cm³/mol. The highest BCUT2D eigenvalue weighted by atomic mass is 16.5. The monoisotopic (exact) mass is 566 g/mol. The van der Waals surface area contributed by atoms with E-state index in [0.717, 1.165) is 16.7 Å². The number of Topliss-reactive ketones (excluding diaryl/α,β-unsaturated/α-hetero) is 2. The molecule has 212 valence electrons. The summed E-state index contributed by atoms with van der Waals surface area (Å²) in [6, 6.07) is 28.2. The van der Waals surface area contributed by atoms with Crippen LogP contribution in [0, 0.1) is 12.8 Å². The fourth-order valence-electron chi connectivity index (χ4n) is 7.17. The number of carbonyl (C=O) groups is 3. The lowest BCUT2D eigenvalue weighted by Crippen LogP contribution is -2.49. The number of para-hydroxylation sites is 2. The maximum atomic E-state index is 15.1. The molecule has 1 saturated heterocycles. The number of benzene rings is 4. The molecule has 1 N–H and O–H groups in total. The topological polar surface area (TPSA) is 75.7 Å². The molecule has 6 heteroatoms. The maximum absolute atomic E-state index is 15.1. The predicted octanol–water partition coefficient (Wildman–Crippen LogP) is 6.54. The minimum absolute atomic E-state index is 0.208. The van der Waals surface area contributed by atoms with Crippen molar-refractivity contribution in [3.8, 4) is 5.75 Å². The van der Waals surface area contributed by atoms with Gasteiger partial charge in [0, 0.05) is 17.5 Å². The largest absolute Gasteiger partial charge is 0.489 e. The van der Waals surface area contributed by atoms with Crippen molar-refractivity contribution in [2.75, 3.05) is 11.9 Å². The van der Waals surface area contributed by atoms with Gasteiger partial charge in [-0.3, -0.25) is 14.4 Å². The van der Waals surface area contributed by atoms with Crippen LogP contribution in [0.15, 0.2) is 116 Å². The normalized spacial score (nSPS) is 22.9. The number of nitrogens with one attached hydrogen (secondary N) is 1. The molecule has 0 saturated carbocycles. The summed E-state index contributed by atoms with van der Waals surface area (Å²) in [5.41, 5.74) is 3.64. The van der Waals surface area contributed by atoms with Crippen LogP contribution in [0.25, 0.3) is 6.08 Å². The van der Waals surface area contributed by atoms with Crippen LogP contribution in [0.4, 0.5) is 5.69 Å². The molecule has 3 heterocycles. The van der Waals surface area contributed by atoms with Gasteiger partial charge in [-0.15, -0.1) is 0 Å². The van der Waals surface area contributed by atoms with Crippen LogP contribution in [0.3, 0.4) is 0 Å². The van der Waals surface area contributed by atoms with E-state index >= 15 is 4.79 Å². The first-order valence-corrected chi connectivity index (χ1v) is 14.4. The Balaban J connectivity index is 1.52. The van der Waals surface area contributed by atoms with Gasteiger partial charge in [0.15, 0.2) is 11.6 Å². The van der Waals surface area contributed by atoms with E-state index in [1.807, 2.05) is 84.8 Å². The zero-order valence-electron chi connectivity index (χ0n) is 23.7. The number of ether oxygens (including phenoxy) is 1. The molecular weight excluding hydrogens is 536 g/mol. The molecule has 4 atom stereocenters. The maximum Gasteiger partial charge on any atom is 0.238 e. The van der Waals surface area contributed by atoms with Crippen LogP contribution in [-0.2, 0) is 10.2 Å². The summed E-state index contributed by atoms with van der Waals surface area (Å²) < 4.78 is 5.93. The molecule has 3 aliphatic heterocycles. The molecule has 7 rings (SSSR count). The lowest BCUT2D eigenvalue weighted by atomic mass is 9.62. The third-order valence-corrected chi connectivity index (χ3v) is 8.97. The lowest BCUT2D eigenvalue weighted by molar-refractivity contribution is -0.122. The van der Waals surface area contributed by atoms with Gasteiger partial charge in [-0.25, -0.2) is 0 Å². The molecule has 0 aliphatic carbocycles. The van der Waals surface area contributed by atoms with Crippen molar-refractivity contribution in [1.29, 1.82) is 0 Å². The van der Waals surface area contributed by atoms with Crippen molar-refractivity contribution in [3.63, 3.8) is 0 Å². The van der Waals surface area contributed by atoms with Gasteiger partial charge in [-0.1, -0.05) is 97.1 Å². The van der Waals surface area contributed by atoms with Crippen LogP contribution in [-0.4, -0.2) is 35.0 Å². The Morgan fingerprint density at radius 1 is 0.930 bits per heavy atom. The molecule has 1 amide bonds. The fraction of sp³-hybridized carbons (Fsp3) is 0.162. The number of hydrogen-bond acceptors (Lipinski definition) is 5. The standard InChI is InChI=1S/C37H30N2O4/c1-3-22-43-30-15-9-6-12-27(30)34(41)31-32(33(40)25-18-16-23(2)17-19-25)39-21-20-24-10-4-5-11-26(24)35(39)37(31)28-13-7-8-14-29(28)38-36(37)42/h3-21,31-32,35H,1,22H2,2H3,(H,38,42)/t31-,32-,35+,37+/m0/s1. The van der Waals surface area contributed by atoms with Crippen LogP contribution in [0.1, 0.15) is 49.0 Å². The quantitative estimate of drug-likeness (QED) is 0.203. The molecule has 0 aromatic heterocycles. The molecule has 3 aliphatic rings. The van der Waals surface area contributed by atoms with Gasteiger partial charge >= 0.3 is 0 Å². The molecule has 4 aromatic rings. The molecule has 1 fully saturated rings. The number of rotatable bonds is 7. The molecule has 43 heavy (non-hydrogen) atoms. The summed E-state index contributed by atoms with van der Waals surface area (Å²) in [7, 11) is 0. The van der Waals surface area contributed by atoms with E-state index in [1.165, 1.54) is 0 Å². The van der Waals surface area contributed by atoms with Gasteiger partial charge in [0.2, 0.25) is 5.91 Å². The Morgan fingerprint density at radius 2 is 1.65 bits per heavy atom. The van der Waals surface area contributed by atoms with Crippen molar-refractivity contribution < 1.29 is 19.1 Å². The van der Waals surface area contributed by atoms with E-state index in [1.54, 1.807) is 42.5 Å². The summed E-state index contributed by atoms with van der Waals surface area (Å²) in [6.45, 7) is 5.92. The van der Waals surface area contributed by atoms with Gasteiger partial charge < -0.3 is 15.0 Å². The molecule has 0 bridgehead atoms. The Morgan fingerprint density at radius 3 is 2.47 bits per heavy atom. The second kappa shape index (κ2) is 10.2. The number of carbonyl (C=O) groups excluding carboxylic acids is 3. The highest BCUT2D eigenvalue weighted by molar-refractivity contribution is 6.17. The van der Waals surface area contributed by atoms with E-state index < -0.39 is 23.4 Å². The van der Waals surface area contributed by atoms with E-state index in [4.69, 9.17) is 4.74 Å². The van der Waals surface area contributed by atoms with Crippen molar-refractivity contribution in [3.05, 3.63) is 149 Å². The van der Waals surface area contributed by atoms with Crippen LogP contribution in [0.5, 0.6) is 5.75 Å². The second-order valence-corrected chi connectivity index (χ2v) is 11.3. The fourth-order valence-corrected chi connectivity index (χ4v) is 7.17. The third-order valence-electron chi connectivity index (χ3n) is 8.97. The summed E-state index contributed by atoms with van der Waals surface area (Å²) >= 11 is 0. The summed E-state index contributed by atoms with van der Waals surface area (Å²) in [5, 5.41) is 3.09. The van der Waals surface area contributed by atoms with Gasteiger partial charge in [0.1, 0.15) is 23.8 Å². The van der Waals surface area contributed by atoms with Gasteiger partial charge in [0.05, 0.1) is 17.5 Å². The van der Waals surface area contributed by atoms with E-state index in [2.05, 4.69) is 11.9 Å². The smallest absolute Gasteiger partial charge is 0.238 e. The first-order valence-electron chi connectivity index (χ1n) is 14.4. The van der Waals surface area contributed by atoms with Crippen molar-refractivity contribution in [1.82, 2.24) is 4.90 Å². The molecule has 4 aromatic carbocycles. The number of aryl methyl sites for hydroxylation is 1. The molecule has 1 spiro atoms. The molecule has 0 unspecified atom stereocenters. The zero-order chi connectivity index (χ0) is 29.7. The van der Waals surface area contributed by atoms with Gasteiger partial charge in [-0.2, -0.15) is 0 Å². The highest BCUT2D eigenvalue weighted by Crippen LogP contribution is 2.62. The Bertz CT molecular complexity index is 1820. The van der Waals surface area contributed by atoms with Crippen molar-refractivity contribution in [2.24, 2.45) is 5.92 Å². The number of hydrogen-bond donors (Lipinski definition) is 1. The zero-order valence-corrected chi connectivity index (χ0v) is 23.7. The van der Waals surface area contributed by atoms with Gasteiger partial charge in [0.25, 0.3) is 0 Å². The van der Waals surface area contributed by atoms with Crippen LogP contribution >= 0.6 is 0 Å². The minimum atomic E-state index is -1.40. The van der Waals surface area contributed by atoms with Crippen molar-refractivity contribution >= 4 is 29.2 Å².